The van der Waals surface area contributed by atoms with E-state index in [4.69, 9.17) is 0 Å². The number of rotatable bonds is 8. The van der Waals surface area contributed by atoms with E-state index in [1.165, 1.54) is 18.6 Å². The molecule has 5 heteroatoms. The van der Waals surface area contributed by atoms with Gasteiger partial charge in [-0.05, 0) is 86.9 Å². The maximum atomic E-state index is 15.6. The fourth-order valence-electron chi connectivity index (χ4n) is 3.99. The molecule has 180 valence electrons. The van der Waals surface area contributed by atoms with Crippen molar-refractivity contribution in [1.29, 1.82) is 0 Å². The lowest BCUT2D eigenvalue weighted by molar-refractivity contribution is 0.590. The number of nitrogens with zero attached hydrogens (tertiary/aromatic N) is 1. The van der Waals surface area contributed by atoms with Crippen molar-refractivity contribution in [3.8, 4) is 22.3 Å². The van der Waals surface area contributed by atoms with Gasteiger partial charge in [-0.2, -0.15) is 0 Å². The maximum Gasteiger partial charge on any atom is 0.135 e. The van der Waals surface area contributed by atoms with E-state index in [2.05, 4.69) is 30.2 Å². The Morgan fingerprint density at radius 2 is 1.56 bits per heavy atom. The number of hydrogen-bond donors (Lipinski definition) is 1. The largest absolute Gasteiger partial charge is 0.370 e. The van der Waals surface area contributed by atoms with Crippen molar-refractivity contribution in [2.75, 3.05) is 11.9 Å². The highest BCUT2D eigenvalue weighted by atomic mass is 19.1. The van der Waals surface area contributed by atoms with Gasteiger partial charge in [-0.1, -0.05) is 37.6 Å². The molecule has 0 aliphatic rings. The van der Waals surface area contributed by atoms with Crippen LogP contribution in [0.15, 0.2) is 48.2 Å². The van der Waals surface area contributed by atoms with Crippen LogP contribution in [0.4, 0.5) is 19.0 Å². The van der Waals surface area contributed by atoms with Crippen molar-refractivity contribution in [2.45, 2.75) is 54.4 Å². The van der Waals surface area contributed by atoms with E-state index < -0.39 is 17.5 Å². The van der Waals surface area contributed by atoms with E-state index >= 15 is 8.78 Å². The van der Waals surface area contributed by atoms with Gasteiger partial charge in [0.2, 0.25) is 0 Å². The van der Waals surface area contributed by atoms with Gasteiger partial charge in [-0.3, -0.25) is 0 Å². The first kappa shape index (κ1) is 25.5. The van der Waals surface area contributed by atoms with E-state index in [-0.39, 0.29) is 22.3 Å². The number of aromatic nitrogens is 1. The third-order valence-electron chi connectivity index (χ3n) is 5.90. The lowest BCUT2D eigenvalue weighted by Gasteiger charge is -2.17. The first-order chi connectivity index (χ1) is 16.1. The molecule has 2 aromatic carbocycles. The predicted octanol–water partition coefficient (Wildman–Crippen LogP) is 8.42. The van der Waals surface area contributed by atoms with Crippen LogP contribution in [-0.4, -0.2) is 11.5 Å². The van der Waals surface area contributed by atoms with Crippen molar-refractivity contribution in [3.05, 3.63) is 82.3 Å². The Morgan fingerprint density at radius 1 is 0.941 bits per heavy atom. The van der Waals surface area contributed by atoms with Gasteiger partial charge in [0.05, 0.1) is 0 Å². The van der Waals surface area contributed by atoms with Crippen LogP contribution < -0.4 is 5.32 Å². The monoisotopic (exact) mass is 466 g/mol. The Balaban J connectivity index is 1.97. The smallest absolute Gasteiger partial charge is 0.135 e. The molecule has 2 nitrogen and oxygen atoms in total. The van der Waals surface area contributed by atoms with Gasteiger partial charge in [0.15, 0.2) is 0 Å². The second-order valence-corrected chi connectivity index (χ2v) is 9.46. The van der Waals surface area contributed by atoms with Crippen molar-refractivity contribution < 1.29 is 13.2 Å². The Bertz CT molecular complexity index is 1160. The van der Waals surface area contributed by atoms with Crippen molar-refractivity contribution >= 4 is 5.82 Å². The zero-order chi connectivity index (χ0) is 25.0. The van der Waals surface area contributed by atoms with Crippen LogP contribution in [0, 0.1) is 37.2 Å². The van der Waals surface area contributed by atoms with Crippen LogP contribution >= 0.6 is 0 Å². The predicted molar refractivity (Wildman–Crippen MR) is 136 cm³/mol. The molecule has 1 aromatic heterocycles. The minimum Gasteiger partial charge on any atom is -0.370 e. The highest BCUT2D eigenvalue weighted by molar-refractivity contribution is 5.78. The number of aryl methyl sites for hydroxylation is 1. The summed E-state index contributed by atoms with van der Waals surface area (Å²) in [4.78, 5) is 4.35. The second kappa shape index (κ2) is 10.9. The molecule has 0 atom stereocenters. The lowest BCUT2D eigenvalue weighted by atomic mass is 9.90. The van der Waals surface area contributed by atoms with E-state index in [0.29, 0.717) is 34.8 Å². The normalized spacial score (nSPS) is 11.1. The number of halogens is 3. The molecule has 0 radical (unpaired) electrons. The van der Waals surface area contributed by atoms with Gasteiger partial charge in [-0.15, -0.1) is 0 Å². The first-order valence-corrected chi connectivity index (χ1v) is 11.7. The molecule has 3 aromatic rings. The molecule has 0 spiro atoms. The highest BCUT2D eigenvalue weighted by Gasteiger charge is 2.23. The lowest BCUT2D eigenvalue weighted by Crippen LogP contribution is -2.09. The minimum atomic E-state index is -0.549. The van der Waals surface area contributed by atoms with Crippen molar-refractivity contribution in [2.24, 2.45) is 5.92 Å². The number of allylic oxidation sites excluding steroid dienone is 2. The second-order valence-electron chi connectivity index (χ2n) is 9.46. The standard InChI is InChI=1S/C29H33F3N2/c1-17(2)8-7-9-21-10-11-22(14-24(21)30)26-19(5)29(32)27(20(6)28(26)31)23-12-13-25(34-16-23)33-15-18(3)4/h8,10-14,16,18H,7,9,15H2,1-6H3,(H,33,34). The van der Waals surface area contributed by atoms with Gasteiger partial charge >= 0.3 is 0 Å². The topological polar surface area (TPSA) is 24.9 Å². The third kappa shape index (κ3) is 5.69. The van der Waals surface area contributed by atoms with Gasteiger partial charge in [0.25, 0.3) is 0 Å². The van der Waals surface area contributed by atoms with Gasteiger partial charge in [0.1, 0.15) is 23.3 Å². The van der Waals surface area contributed by atoms with Gasteiger partial charge in [-0.25, -0.2) is 18.2 Å². The van der Waals surface area contributed by atoms with E-state index in [0.717, 1.165) is 13.0 Å². The van der Waals surface area contributed by atoms with Crippen molar-refractivity contribution in [3.63, 3.8) is 0 Å². The average Bonchev–Trinajstić information content (AvgIpc) is 2.78. The summed E-state index contributed by atoms with van der Waals surface area (Å²) in [6.45, 7) is 12.0. The molecule has 0 fully saturated rings. The first-order valence-electron chi connectivity index (χ1n) is 11.7. The third-order valence-corrected chi connectivity index (χ3v) is 5.90. The van der Waals surface area contributed by atoms with Crippen LogP contribution in [0.25, 0.3) is 22.3 Å². The summed E-state index contributed by atoms with van der Waals surface area (Å²) in [7, 11) is 0. The Hall–Kier alpha value is -3.08. The number of hydrogen-bond acceptors (Lipinski definition) is 2. The zero-order valence-corrected chi connectivity index (χ0v) is 20.8. The molecular weight excluding hydrogens is 433 g/mol. The summed E-state index contributed by atoms with van der Waals surface area (Å²) in [5.74, 6) is -0.334. The highest BCUT2D eigenvalue weighted by Crippen LogP contribution is 2.38. The summed E-state index contributed by atoms with van der Waals surface area (Å²) in [5, 5.41) is 3.22. The average molecular weight is 467 g/mol. The zero-order valence-electron chi connectivity index (χ0n) is 20.8. The number of anilines is 1. The molecule has 0 saturated carbocycles. The van der Waals surface area contributed by atoms with E-state index in [1.54, 1.807) is 37.4 Å². The van der Waals surface area contributed by atoms with E-state index in [9.17, 15) is 4.39 Å². The molecule has 0 aliphatic heterocycles. The molecule has 0 aliphatic carbocycles. The number of pyridine rings is 1. The summed E-state index contributed by atoms with van der Waals surface area (Å²) in [6, 6.07) is 8.14. The fourth-order valence-corrected chi connectivity index (χ4v) is 3.99. The van der Waals surface area contributed by atoms with Crippen LogP contribution in [0.5, 0.6) is 0 Å². The summed E-state index contributed by atoms with van der Waals surface area (Å²) in [6.07, 6.45) is 4.89. The maximum absolute atomic E-state index is 15.6. The summed E-state index contributed by atoms with van der Waals surface area (Å²) in [5.41, 5.74) is 3.17. The number of nitrogens with one attached hydrogen (secondary N) is 1. The summed E-state index contributed by atoms with van der Waals surface area (Å²) >= 11 is 0. The number of benzene rings is 2. The molecule has 0 unspecified atom stereocenters. The molecule has 1 heterocycles. The van der Waals surface area contributed by atoms with Crippen LogP contribution in [0.2, 0.25) is 0 Å². The Morgan fingerprint density at radius 3 is 2.09 bits per heavy atom. The van der Waals surface area contributed by atoms with Crippen LogP contribution in [0.1, 0.15) is 50.8 Å². The van der Waals surface area contributed by atoms with Gasteiger partial charge < -0.3 is 5.32 Å². The van der Waals surface area contributed by atoms with Crippen LogP contribution in [-0.2, 0) is 6.42 Å². The van der Waals surface area contributed by atoms with Crippen LogP contribution in [0.3, 0.4) is 0 Å². The SMILES string of the molecule is CC(C)=CCCc1ccc(-c2c(C)c(F)c(-c3ccc(NCC(C)C)nc3)c(C)c2F)cc1F. The van der Waals surface area contributed by atoms with E-state index in [1.807, 2.05) is 13.8 Å². The molecule has 0 amide bonds. The summed E-state index contributed by atoms with van der Waals surface area (Å²) < 4.78 is 45.9. The molecule has 0 bridgehead atoms. The Labute approximate surface area is 201 Å². The Kier molecular flexibility index (Phi) is 8.19. The molecule has 1 N–H and O–H groups in total. The quantitative estimate of drug-likeness (QED) is 0.337. The molecular formula is C29H33F3N2. The van der Waals surface area contributed by atoms with Crippen molar-refractivity contribution in [1.82, 2.24) is 4.98 Å². The molecule has 0 saturated heterocycles. The van der Waals surface area contributed by atoms with Gasteiger partial charge in [0, 0.05) is 29.4 Å². The molecule has 34 heavy (non-hydrogen) atoms. The molecule has 3 rings (SSSR count). The minimum absolute atomic E-state index is 0.0941. The fraction of sp³-hybridized carbons (Fsp3) is 0.345.